The van der Waals surface area contributed by atoms with Crippen molar-refractivity contribution in [2.45, 2.75) is 46.1 Å². The molecule has 1 aliphatic heterocycles. The largest absolute Gasteiger partial charge is 0.481 e. The van der Waals surface area contributed by atoms with Crippen molar-refractivity contribution in [2.75, 3.05) is 13.1 Å². The van der Waals surface area contributed by atoms with E-state index < -0.39 is 5.97 Å². The van der Waals surface area contributed by atoms with Crippen molar-refractivity contribution in [1.82, 2.24) is 4.90 Å². The van der Waals surface area contributed by atoms with Crippen LogP contribution in [0.25, 0.3) is 0 Å². The molecule has 1 fully saturated rings. The maximum atomic E-state index is 10.7. The van der Waals surface area contributed by atoms with Crippen LogP contribution < -0.4 is 0 Å². The first-order valence-electron chi connectivity index (χ1n) is 6.05. The third-order valence-corrected chi connectivity index (χ3v) is 3.62. The van der Waals surface area contributed by atoms with Crippen LogP contribution >= 0.6 is 0 Å². The van der Waals surface area contributed by atoms with Gasteiger partial charge in [0.15, 0.2) is 0 Å². The van der Waals surface area contributed by atoms with Crippen molar-refractivity contribution in [3.8, 4) is 0 Å². The average Bonchev–Trinajstić information content (AvgIpc) is 2.12. The number of aliphatic carboxylic acids is 1. The smallest absolute Gasteiger partial charge is 0.309 e. The molecule has 3 heteroatoms. The Balaban J connectivity index is 2.32. The molecule has 1 N–H and O–H groups in total. The van der Waals surface area contributed by atoms with Gasteiger partial charge in [-0.2, -0.15) is 0 Å². The zero-order chi connectivity index (χ0) is 11.4. The van der Waals surface area contributed by atoms with Crippen molar-refractivity contribution in [1.29, 1.82) is 0 Å². The summed E-state index contributed by atoms with van der Waals surface area (Å²) in [5, 5.41) is 8.81. The van der Waals surface area contributed by atoms with Gasteiger partial charge in [0.25, 0.3) is 0 Å². The highest BCUT2D eigenvalue weighted by molar-refractivity contribution is 5.71. The topological polar surface area (TPSA) is 40.5 Å². The Morgan fingerprint density at radius 3 is 2.40 bits per heavy atom. The van der Waals surface area contributed by atoms with Crippen LogP contribution in [0.15, 0.2) is 0 Å². The number of hydrogen-bond acceptors (Lipinski definition) is 2. The van der Waals surface area contributed by atoms with E-state index in [0.717, 1.165) is 25.4 Å². The third-order valence-electron chi connectivity index (χ3n) is 3.62. The van der Waals surface area contributed by atoms with Gasteiger partial charge in [0.1, 0.15) is 0 Å². The average molecular weight is 213 g/mol. The molecule has 0 bridgehead atoms. The Labute approximate surface area is 92.5 Å². The van der Waals surface area contributed by atoms with E-state index in [1.807, 2.05) is 0 Å². The Morgan fingerprint density at radius 2 is 2.00 bits per heavy atom. The van der Waals surface area contributed by atoms with Crippen LogP contribution in [0.5, 0.6) is 0 Å². The molecule has 0 aromatic rings. The van der Waals surface area contributed by atoms with Gasteiger partial charge in [-0.25, -0.2) is 0 Å². The molecule has 3 nitrogen and oxygen atoms in total. The Kier molecular flexibility index (Phi) is 4.58. The lowest BCUT2D eigenvalue weighted by Gasteiger charge is -2.43. The summed E-state index contributed by atoms with van der Waals surface area (Å²) in [4.78, 5) is 13.0. The SMILES string of the molecule is CCC(C)CC(CC)N1CC(C(=O)O)C1. The van der Waals surface area contributed by atoms with E-state index in [9.17, 15) is 4.79 Å². The number of carboxylic acids is 1. The van der Waals surface area contributed by atoms with Gasteiger partial charge in [0, 0.05) is 19.1 Å². The maximum Gasteiger partial charge on any atom is 0.309 e. The zero-order valence-electron chi connectivity index (χ0n) is 10.1. The fourth-order valence-corrected chi connectivity index (χ4v) is 2.17. The second kappa shape index (κ2) is 5.50. The molecular weight excluding hydrogens is 190 g/mol. The normalized spacial score (nSPS) is 22.1. The van der Waals surface area contributed by atoms with Crippen molar-refractivity contribution < 1.29 is 9.90 Å². The molecule has 0 radical (unpaired) electrons. The highest BCUT2D eigenvalue weighted by Crippen LogP contribution is 2.25. The molecular formula is C12H23NO2. The highest BCUT2D eigenvalue weighted by atomic mass is 16.4. The second-order valence-electron chi connectivity index (χ2n) is 4.80. The molecule has 1 saturated heterocycles. The summed E-state index contributed by atoms with van der Waals surface area (Å²) in [6, 6.07) is 0.593. The first kappa shape index (κ1) is 12.5. The highest BCUT2D eigenvalue weighted by Gasteiger charge is 2.36. The Hall–Kier alpha value is -0.570. The molecule has 2 unspecified atom stereocenters. The van der Waals surface area contributed by atoms with E-state index >= 15 is 0 Å². The number of likely N-dealkylation sites (tertiary alicyclic amines) is 1. The van der Waals surface area contributed by atoms with Gasteiger partial charge in [-0.05, 0) is 18.8 Å². The van der Waals surface area contributed by atoms with E-state index in [4.69, 9.17) is 5.11 Å². The second-order valence-corrected chi connectivity index (χ2v) is 4.80. The number of rotatable bonds is 6. The molecule has 1 heterocycles. The van der Waals surface area contributed by atoms with Gasteiger partial charge in [0.2, 0.25) is 0 Å². The van der Waals surface area contributed by atoms with Crippen LogP contribution in [0.1, 0.15) is 40.0 Å². The van der Waals surface area contributed by atoms with E-state index in [1.54, 1.807) is 0 Å². The summed E-state index contributed by atoms with van der Waals surface area (Å²) < 4.78 is 0. The summed E-state index contributed by atoms with van der Waals surface area (Å²) in [5.74, 6) is -0.000506. The molecule has 0 aliphatic carbocycles. The third kappa shape index (κ3) is 3.20. The minimum atomic E-state index is -0.635. The van der Waals surface area contributed by atoms with Crippen LogP contribution in [-0.2, 0) is 4.79 Å². The summed E-state index contributed by atoms with van der Waals surface area (Å²) >= 11 is 0. The fraction of sp³-hybridized carbons (Fsp3) is 0.917. The van der Waals surface area contributed by atoms with Crippen molar-refractivity contribution in [2.24, 2.45) is 11.8 Å². The number of carbonyl (C=O) groups is 1. The van der Waals surface area contributed by atoms with E-state index in [2.05, 4.69) is 25.7 Å². The lowest BCUT2D eigenvalue weighted by Crippen LogP contribution is -2.55. The lowest BCUT2D eigenvalue weighted by atomic mass is 9.91. The number of nitrogens with zero attached hydrogens (tertiary/aromatic N) is 1. The van der Waals surface area contributed by atoms with Crippen molar-refractivity contribution in [3.05, 3.63) is 0 Å². The van der Waals surface area contributed by atoms with Crippen LogP contribution in [0.3, 0.4) is 0 Å². The summed E-state index contributed by atoms with van der Waals surface area (Å²) in [6.45, 7) is 8.19. The summed E-state index contributed by atoms with van der Waals surface area (Å²) in [6.07, 6.45) is 3.56. The molecule has 0 saturated carbocycles. The first-order valence-corrected chi connectivity index (χ1v) is 6.05. The van der Waals surface area contributed by atoms with Gasteiger partial charge in [0.05, 0.1) is 5.92 Å². The molecule has 0 aromatic carbocycles. The fourth-order valence-electron chi connectivity index (χ4n) is 2.17. The Morgan fingerprint density at radius 1 is 1.40 bits per heavy atom. The van der Waals surface area contributed by atoms with Gasteiger partial charge in [-0.3, -0.25) is 9.69 Å². The van der Waals surface area contributed by atoms with Crippen LogP contribution in [0.4, 0.5) is 0 Å². The number of carboxylic acid groups (broad SMARTS) is 1. The predicted molar refractivity (Wildman–Crippen MR) is 60.8 cm³/mol. The van der Waals surface area contributed by atoms with Gasteiger partial charge < -0.3 is 5.11 Å². The van der Waals surface area contributed by atoms with Crippen LogP contribution in [0, 0.1) is 11.8 Å². The minimum absolute atomic E-state index is 0.115. The molecule has 15 heavy (non-hydrogen) atoms. The monoisotopic (exact) mass is 213 g/mol. The maximum absolute atomic E-state index is 10.7. The van der Waals surface area contributed by atoms with E-state index in [1.165, 1.54) is 12.8 Å². The molecule has 0 spiro atoms. The van der Waals surface area contributed by atoms with Gasteiger partial charge in [-0.1, -0.05) is 27.2 Å². The molecule has 88 valence electrons. The Bertz CT molecular complexity index is 212. The van der Waals surface area contributed by atoms with Crippen molar-refractivity contribution >= 4 is 5.97 Å². The minimum Gasteiger partial charge on any atom is -0.481 e. The summed E-state index contributed by atoms with van der Waals surface area (Å²) in [5.41, 5.74) is 0. The molecule has 1 rings (SSSR count). The molecule has 0 aromatic heterocycles. The number of hydrogen-bond donors (Lipinski definition) is 1. The lowest BCUT2D eigenvalue weighted by molar-refractivity contribution is -0.148. The van der Waals surface area contributed by atoms with Crippen LogP contribution in [-0.4, -0.2) is 35.1 Å². The predicted octanol–water partition coefficient (Wildman–Crippen LogP) is 2.22. The van der Waals surface area contributed by atoms with E-state index in [0.29, 0.717) is 6.04 Å². The summed E-state index contributed by atoms with van der Waals surface area (Å²) in [7, 11) is 0. The van der Waals surface area contributed by atoms with Crippen molar-refractivity contribution in [3.63, 3.8) is 0 Å². The van der Waals surface area contributed by atoms with E-state index in [-0.39, 0.29) is 5.92 Å². The van der Waals surface area contributed by atoms with Gasteiger partial charge >= 0.3 is 5.97 Å². The van der Waals surface area contributed by atoms with Crippen LogP contribution in [0.2, 0.25) is 0 Å². The van der Waals surface area contributed by atoms with Gasteiger partial charge in [-0.15, -0.1) is 0 Å². The first-order chi connectivity index (χ1) is 7.08. The molecule has 1 aliphatic rings. The zero-order valence-corrected chi connectivity index (χ0v) is 10.1. The molecule has 2 atom stereocenters. The molecule has 0 amide bonds. The quantitative estimate of drug-likeness (QED) is 0.735. The standard InChI is InChI=1S/C12H23NO2/c1-4-9(3)6-11(5-2)13-7-10(8-13)12(14)15/h9-11H,4-8H2,1-3H3,(H,14,15).